The van der Waals surface area contributed by atoms with E-state index in [0.29, 0.717) is 18.8 Å². The van der Waals surface area contributed by atoms with Crippen molar-refractivity contribution < 1.29 is 27.5 Å². The number of hydrogen-bond acceptors (Lipinski definition) is 7. The molecule has 1 fully saturated rings. The molecule has 3 rings (SSSR count). The molecule has 0 radical (unpaired) electrons. The second kappa shape index (κ2) is 10.0. The molecule has 11 heteroatoms. The van der Waals surface area contributed by atoms with Crippen LogP contribution in [0.5, 0.6) is 5.75 Å². The van der Waals surface area contributed by atoms with Crippen molar-refractivity contribution in [3.05, 3.63) is 47.3 Å². The molecule has 2 aromatic rings. The van der Waals surface area contributed by atoms with Crippen LogP contribution in [-0.2, 0) is 30.9 Å². The molecule has 2 N–H and O–H groups in total. The fraction of sp³-hybridized carbons (Fsp3) is 0.368. The molecule has 2 amide bonds. The Balaban J connectivity index is 1.55. The van der Waals surface area contributed by atoms with Gasteiger partial charge < -0.3 is 20.1 Å². The van der Waals surface area contributed by atoms with Crippen LogP contribution in [0.25, 0.3) is 0 Å². The summed E-state index contributed by atoms with van der Waals surface area (Å²) in [5.41, 5.74) is 0.777. The molecular weight excluding hydrogens is 430 g/mol. The van der Waals surface area contributed by atoms with Crippen LogP contribution in [0.3, 0.4) is 0 Å². The maximum atomic E-state index is 12.8. The molecule has 0 saturated carbocycles. The van der Waals surface area contributed by atoms with Crippen LogP contribution in [0.2, 0.25) is 0 Å². The SMILES string of the molecule is COc1cccc(CNC(=O)C(=O)NC[C@@H]2OCCCN2S(=O)(=O)c2cccs2)c1. The summed E-state index contributed by atoms with van der Waals surface area (Å²) in [4.78, 5) is 24.2. The highest BCUT2D eigenvalue weighted by atomic mass is 32.2. The summed E-state index contributed by atoms with van der Waals surface area (Å²) >= 11 is 1.12. The van der Waals surface area contributed by atoms with Crippen molar-refractivity contribution in [2.75, 3.05) is 26.8 Å². The van der Waals surface area contributed by atoms with Crippen LogP contribution in [-0.4, -0.2) is 57.6 Å². The van der Waals surface area contributed by atoms with Gasteiger partial charge in [-0.3, -0.25) is 9.59 Å². The van der Waals surface area contributed by atoms with Gasteiger partial charge in [0.25, 0.3) is 10.0 Å². The first-order valence-electron chi connectivity index (χ1n) is 9.27. The predicted molar refractivity (Wildman–Crippen MR) is 110 cm³/mol. The topological polar surface area (TPSA) is 114 Å². The lowest BCUT2D eigenvalue weighted by Crippen LogP contribution is -2.52. The van der Waals surface area contributed by atoms with E-state index in [9.17, 15) is 18.0 Å². The first kappa shape index (κ1) is 22.2. The van der Waals surface area contributed by atoms with Gasteiger partial charge in [-0.1, -0.05) is 18.2 Å². The van der Waals surface area contributed by atoms with Crippen molar-refractivity contribution in [2.24, 2.45) is 0 Å². The quantitative estimate of drug-likeness (QED) is 0.603. The number of nitrogens with zero attached hydrogens (tertiary/aromatic N) is 1. The van der Waals surface area contributed by atoms with Crippen molar-refractivity contribution in [1.82, 2.24) is 14.9 Å². The third kappa shape index (κ3) is 5.36. The highest BCUT2D eigenvalue weighted by Gasteiger charge is 2.35. The van der Waals surface area contributed by atoms with E-state index in [2.05, 4.69) is 10.6 Å². The van der Waals surface area contributed by atoms with E-state index in [-0.39, 0.29) is 23.8 Å². The van der Waals surface area contributed by atoms with Gasteiger partial charge in [-0.15, -0.1) is 11.3 Å². The smallest absolute Gasteiger partial charge is 0.309 e. The number of methoxy groups -OCH3 is 1. The number of sulfonamides is 1. The summed E-state index contributed by atoms with van der Waals surface area (Å²) in [6.07, 6.45) is -0.322. The molecule has 1 atom stereocenters. The van der Waals surface area contributed by atoms with Crippen molar-refractivity contribution >= 4 is 33.2 Å². The number of thiophene rings is 1. The van der Waals surface area contributed by atoms with Crippen LogP contribution >= 0.6 is 11.3 Å². The number of ether oxygens (including phenoxy) is 2. The molecule has 1 aromatic heterocycles. The molecular formula is C19H23N3O6S2. The average molecular weight is 454 g/mol. The third-order valence-electron chi connectivity index (χ3n) is 4.44. The summed E-state index contributed by atoms with van der Waals surface area (Å²) < 4.78 is 37.7. The van der Waals surface area contributed by atoms with Crippen LogP contribution in [0.15, 0.2) is 46.0 Å². The van der Waals surface area contributed by atoms with Gasteiger partial charge in [0, 0.05) is 13.1 Å². The summed E-state index contributed by atoms with van der Waals surface area (Å²) in [6.45, 7) is 0.681. The van der Waals surface area contributed by atoms with Crippen LogP contribution in [0.4, 0.5) is 0 Å². The monoisotopic (exact) mass is 453 g/mol. The van der Waals surface area contributed by atoms with Gasteiger partial charge in [-0.25, -0.2) is 8.42 Å². The first-order chi connectivity index (χ1) is 14.4. The van der Waals surface area contributed by atoms with E-state index in [1.165, 1.54) is 10.4 Å². The molecule has 0 spiro atoms. The number of hydrogen-bond donors (Lipinski definition) is 2. The zero-order valence-electron chi connectivity index (χ0n) is 16.4. The lowest BCUT2D eigenvalue weighted by molar-refractivity contribution is -0.140. The minimum Gasteiger partial charge on any atom is -0.497 e. The number of nitrogens with one attached hydrogen (secondary N) is 2. The maximum absolute atomic E-state index is 12.8. The van der Waals surface area contributed by atoms with Crippen LogP contribution in [0.1, 0.15) is 12.0 Å². The van der Waals surface area contributed by atoms with Gasteiger partial charge in [-0.05, 0) is 35.6 Å². The standard InChI is InChI=1S/C19H23N3O6S2/c1-27-15-6-2-5-14(11-15)12-20-18(23)19(24)21-13-16-22(8-4-9-28-16)30(25,26)17-7-3-10-29-17/h2-3,5-7,10-11,16H,4,8-9,12-13H2,1H3,(H,20,23)(H,21,24)/t16-/m0/s1. The molecule has 1 saturated heterocycles. The maximum Gasteiger partial charge on any atom is 0.309 e. The fourth-order valence-electron chi connectivity index (χ4n) is 2.93. The minimum atomic E-state index is -3.73. The highest BCUT2D eigenvalue weighted by Crippen LogP contribution is 2.25. The lowest BCUT2D eigenvalue weighted by Gasteiger charge is -2.34. The zero-order chi connectivity index (χ0) is 21.6. The number of carbonyl (C=O) groups excluding carboxylic acids is 2. The van der Waals surface area contributed by atoms with E-state index in [1.807, 2.05) is 0 Å². The summed E-state index contributed by atoms with van der Waals surface area (Å²) in [6, 6.07) is 10.3. The number of benzene rings is 1. The predicted octanol–water partition coefficient (Wildman–Crippen LogP) is 0.926. The molecule has 1 aliphatic heterocycles. The Hall–Kier alpha value is -2.47. The Morgan fingerprint density at radius 3 is 2.77 bits per heavy atom. The molecule has 30 heavy (non-hydrogen) atoms. The average Bonchev–Trinajstić information content (AvgIpc) is 3.32. The number of amides is 2. The molecule has 0 unspecified atom stereocenters. The van der Waals surface area contributed by atoms with E-state index in [0.717, 1.165) is 16.9 Å². The van der Waals surface area contributed by atoms with Crippen molar-refractivity contribution in [3.8, 4) is 5.75 Å². The molecule has 2 heterocycles. The Morgan fingerprint density at radius 1 is 1.23 bits per heavy atom. The Kier molecular flexibility index (Phi) is 7.43. The molecule has 0 bridgehead atoms. The van der Waals surface area contributed by atoms with E-state index < -0.39 is 28.1 Å². The first-order valence-corrected chi connectivity index (χ1v) is 11.6. The van der Waals surface area contributed by atoms with Gasteiger partial charge in [-0.2, -0.15) is 4.31 Å². The highest BCUT2D eigenvalue weighted by molar-refractivity contribution is 7.91. The molecule has 1 aromatic carbocycles. The van der Waals surface area contributed by atoms with E-state index >= 15 is 0 Å². The lowest BCUT2D eigenvalue weighted by atomic mass is 10.2. The third-order valence-corrected chi connectivity index (χ3v) is 7.70. The van der Waals surface area contributed by atoms with E-state index in [4.69, 9.17) is 9.47 Å². The van der Waals surface area contributed by atoms with Crippen molar-refractivity contribution in [3.63, 3.8) is 0 Å². The number of carbonyl (C=O) groups is 2. The van der Waals surface area contributed by atoms with Gasteiger partial charge >= 0.3 is 11.8 Å². The molecule has 9 nitrogen and oxygen atoms in total. The van der Waals surface area contributed by atoms with Crippen LogP contribution in [0, 0.1) is 0 Å². The minimum absolute atomic E-state index is 0.129. The largest absolute Gasteiger partial charge is 0.497 e. The normalized spacial score (nSPS) is 17.3. The molecule has 1 aliphatic rings. The van der Waals surface area contributed by atoms with Crippen LogP contribution < -0.4 is 15.4 Å². The number of rotatable bonds is 7. The van der Waals surface area contributed by atoms with Gasteiger partial charge in [0.15, 0.2) is 0 Å². The Morgan fingerprint density at radius 2 is 2.03 bits per heavy atom. The van der Waals surface area contributed by atoms with Gasteiger partial charge in [0.2, 0.25) is 0 Å². The Labute approximate surface area is 179 Å². The second-order valence-corrected chi connectivity index (χ2v) is 9.54. The van der Waals surface area contributed by atoms with E-state index in [1.54, 1.807) is 42.8 Å². The summed E-state index contributed by atoms with van der Waals surface area (Å²) in [5, 5.41) is 6.66. The summed E-state index contributed by atoms with van der Waals surface area (Å²) in [5.74, 6) is -1.03. The zero-order valence-corrected chi connectivity index (χ0v) is 18.0. The Bertz CT molecular complexity index is 978. The second-order valence-electron chi connectivity index (χ2n) is 6.47. The van der Waals surface area contributed by atoms with Gasteiger partial charge in [0.1, 0.15) is 16.2 Å². The molecule has 162 valence electrons. The fourth-order valence-corrected chi connectivity index (χ4v) is 5.62. The molecule has 0 aliphatic carbocycles. The van der Waals surface area contributed by atoms with Crippen molar-refractivity contribution in [1.29, 1.82) is 0 Å². The summed E-state index contributed by atoms with van der Waals surface area (Å²) in [7, 11) is -2.18. The van der Waals surface area contributed by atoms with Gasteiger partial charge in [0.05, 0.1) is 20.3 Å². The van der Waals surface area contributed by atoms with Crippen molar-refractivity contribution in [2.45, 2.75) is 23.4 Å².